The summed E-state index contributed by atoms with van der Waals surface area (Å²) in [4.78, 5) is 11.2. The number of methoxy groups -OCH3 is 1. The minimum absolute atomic E-state index is 0.0330. The zero-order valence-corrected chi connectivity index (χ0v) is 12.6. The molecule has 1 amide bonds. The Morgan fingerprint density at radius 3 is 2.81 bits per heavy atom. The number of rotatable bonds is 3. The van der Waals surface area contributed by atoms with Crippen LogP contribution in [-0.2, 0) is 9.53 Å². The number of hydrogen-bond acceptors (Lipinski definition) is 2. The van der Waals surface area contributed by atoms with Crippen molar-refractivity contribution in [2.45, 2.75) is 31.8 Å². The number of carbonyl (C=O) groups is 1. The number of hydrogen-bond donors (Lipinski definition) is 1. The van der Waals surface area contributed by atoms with Gasteiger partial charge < -0.3 is 10.1 Å². The molecule has 2 aromatic carbocycles. The highest BCUT2D eigenvalue weighted by Crippen LogP contribution is 2.42. The molecule has 110 valence electrons. The molecule has 1 aliphatic rings. The predicted molar refractivity (Wildman–Crippen MR) is 84.4 cm³/mol. The van der Waals surface area contributed by atoms with E-state index in [2.05, 4.69) is 41.7 Å². The van der Waals surface area contributed by atoms with Crippen LogP contribution >= 0.6 is 0 Å². The van der Waals surface area contributed by atoms with Crippen LogP contribution in [0, 0.1) is 0 Å². The average Bonchev–Trinajstić information content (AvgIpc) is 2.52. The fourth-order valence-corrected chi connectivity index (χ4v) is 3.42. The highest BCUT2D eigenvalue weighted by Gasteiger charge is 2.28. The molecule has 0 bridgehead atoms. The highest BCUT2D eigenvalue weighted by molar-refractivity contribution is 5.87. The first-order chi connectivity index (χ1) is 10.2. The van der Waals surface area contributed by atoms with Crippen LogP contribution in [0.4, 0.5) is 0 Å². The number of amides is 1. The van der Waals surface area contributed by atoms with E-state index in [-0.39, 0.29) is 12.0 Å². The number of ether oxygens (including phenoxy) is 1. The fraction of sp³-hybridized carbons (Fsp3) is 0.389. The van der Waals surface area contributed by atoms with E-state index in [0.717, 1.165) is 12.8 Å². The summed E-state index contributed by atoms with van der Waals surface area (Å²) >= 11 is 0. The van der Waals surface area contributed by atoms with Crippen molar-refractivity contribution in [3.8, 4) is 0 Å². The van der Waals surface area contributed by atoms with Crippen molar-refractivity contribution < 1.29 is 9.53 Å². The van der Waals surface area contributed by atoms with E-state index in [1.165, 1.54) is 21.9 Å². The van der Waals surface area contributed by atoms with Crippen LogP contribution < -0.4 is 5.32 Å². The first-order valence-electron chi connectivity index (χ1n) is 7.49. The lowest BCUT2D eigenvalue weighted by Gasteiger charge is -2.32. The van der Waals surface area contributed by atoms with Crippen molar-refractivity contribution in [2.24, 2.45) is 0 Å². The normalized spacial score (nSPS) is 21.0. The van der Waals surface area contributed by atoms with Gasteiger partial charge in [-0.25, -0.2) is 0 Å². The first kappa shape index (κ1) is 14.1. The monoisotopic (exact) mass is 283 g/mol. The topological polar surface area (TPSA) is 38.3 Å². The minimum atomic E-state index is 0.0330. The first-order valence-corrected chi connectivity index (χ1v) is 7.49. The third-order valence-corrected chi connectivity index (χ3v) is 4.42. The smallest absolute Gasteiger partial charge is 0.216 e. The van der Waals surface area contributed by atoms with Crippen LogP contribution in [0.1, 0.15) is 42.9 Å². The van der Waals surface area contributed by atoms with E-state index in [4.69, 9.17) is 4.74 Å². The number of carbonyl (C=O) groups excluding carboxylic acids is 1. The van der Waals surface area contributed by atoms with Gasteiger partial charge in [0.05, 0.1) is 6.10 Å². The van der Waals surface area contributed by atoms with E-state index in [1.54, 1.807) is 14.0 Å². The van der Waals surface area contributed by atoms with Gasteiger partial charge in [-0.15, -0.1) is 0 Å². The molecule has 0 spiro atoms. The zero-order valence-electron chi connectivity index (χ0n) is 12.6. The maximum Gasteiger partial charge on any atom is 0.216 e. The third kappa shape index (κ3) is 2.66. The second-order valence-corrected chi connectivity index (χ2v) is 5.73. The molecular formula is C18H21NO2. The van der Waals surface area contributed by atoms with Crippen LogP contribution in [0.25, 0.3) is 10.8 Å². The summed E-state index contributed by atoms with van der Waals surface area (Å²) in [6.45, 7) is 2.28. The molecule has 0 aromatic heterocycles. The summed E-state index contributed by atoms with van der Waals surface area (Å²) in [6.07, 6.45) is 2.21. The van der Waals surface area contributed by atoms with Crippen molar-refractivity contribution in [2.75, 3.05) is 13.7 Å². The molecule has 1 aliphatic carbocycles. The maximum absolute atomic E-state index is 11.2. The molecule has 3 heteroatoms. The van der Waals surface area contributed by atoms with Crippen molar-refractivity contribution in [1.82, 2.24) is 5.32 Å². The standard InChI is InChI=1S/C18H21NO2/c1-12(20)19-11-14-8-10-17(21-2)16-9-7-13-5-3-4-6-15(13)18(14)16/h3-7,9,14,17H,8,10-11H2,1-2H3,(H,19,20). The Bertz CT molecular complexity index is 665. The van der Waals surface area contributed by atoms with Gasteiger partial charge in [0, 0.05) is 26.5 Å². The molecule has 2 unspecified atom stereocenters. The van der Waals surface area contributed by atoms with Crippen LogP contribution in [0.3, 0.4) is 0 Å². The molecule has 2 aromatic rings. The van der Waals surface area contributed by atoms with Crippen LogP contribution in [0.15, 0.2) is 36.4 Å². The molecule has 2 atom stereocenters. The van der Waals surface area contributed by atoms with E-state index < -0.39 is 0 Å². The van der Waals surface area contributed by atoms with E-state index in [9.17, 15) is 4.79 Å². The van der Waals surface area contributed by atoms with Gasteiger partial charge in [-0.3, -0.25) is 4.79 Å². The Kier molecular flexibility index (Phi) is 3.93. The lowest BCUT2D eigenvalue weighted by molar-refractivity contribution is -0.119. The Labute approximate surface area is 125 Å². The molecule has 0 saturated carbocycles. The zero-order chi connectivity index (χ0) is 14.8. The van der Waals surface area contributed by atoms with E-state index in [1.807, 2.05) is 0 Å². The Morgan fingerprint density at radius 2 is 2.05 bits per heavy atom. The fourth-order valence-electron chi connectivity index (χ4n) is 3.42. The van der Waals surface area contributed by atoms with Crippen LogP contribution in [0.5, 0.6) is 0 Å². The largest absolute Gasteiger partial charge is 0.377 e. The van der Waals surface area contributed by atoms with Gasteiger partial charge in [-0.2, -0.15) is 0 Å². The third-order valence-electron chi connectivity index (χ3n) is 4.42. The summed E-state index contributed by atoms with van der Waals surface area (Å²) in [6, 6.07) is 12.8. The van der Waals surface area contributed by atoms with Crippen molar-refractivity contribution in [3.05, 3.63) is 47.5 Å². The van der Waals surface area contributed by atoms with Crippen LogP contribution in [0.2, 0.25) is 0 Å². The molecular weight excluding hydrogens is 262 g/mol. The Hall–Kier alpha value is -1.87. The van der Waals surface area contributed by atoms with Gasteiger partial charge >= 0.3 is 0 Å². The molecule has 0 heterocycles. The average molecular weight is 283 g/mol. The number of nitrogens with one attached hydrogen (secondary N) is 1. The molecule has 1 N–H and O–H groups in total. The van der Waals surface area contributed by atoms with Crippen molar-refractivity contribution in [1.29, 1.82) is 0 Å². The van der Waals surface area contributed by atoms with Gasteiger partial charge in [0.15, 0.2) is 0 Å². The maximum atomic E-state index is 11.2. The molecule has 0 fully saturated rings. The molecule has 3 nitrogen and oxygen atoms in total. The lowest BCUT2D eigenvalue weighted by Crippen LogP contribution is -2.29. The molecule has 0 saturated heterocycles. The summed E-state index contributed by atoms with van der Waals surface area (Å²) in [7, 11) is 1.78. The SMILES string of the molecule is COC1CCC(CNC(C)=O)c2c1ccc1ccccc21. The van der Waals surface area contributed by atoms with E-state index in [0.29, 0.717) is 12.5 Å². The molecule has 3 rings (SSSR count). The number of fused-ring (bicyclic) bond motifs is 3. The van der Waals surface area contributed by atoms with Gasteiger partial charge in [-0.05, 0) is 34.7 Å². The van der Waals surface area contributed by atoms with Gasteiger partial charge in [0.1, 0.15) is 0 Å². The van der Waals surface area contributed by atoms with Gasteiger partial charge in [0.25, 0.3) is 0 Å². The van der Waals surface area contributed by atoms with Gasteiger partial charge in [0.2, 0.25) is 5.91 Å². The van der Waals surface area contributed by atoms with Gasteiger partial charge in [-0.1, -0.05) is 36.4 Å². The number of benzene rings is 2. The molecule has 0 aliphatic heterocycles. The predicted octanol–water partition coefficient (Wildman–Crippen LogP) is 3.54. The molecule has 21 heavy (non-hydrogen) atoms. The summed E-state index contributed by atoms with van der Waals surface area (Å²) < 4.78 is 5.65. The highest BCUT2D eigenvalue weighted by atomic mass is 16.5. The summed E-state index contributed by atoms with van der Waals surface area (Å²) in [5, 5.41) is 5.51. The van der Waals surface area contributed by atoms with Crippen LogP contribution in [-0.4, -0.2) is 19.6 Å². The van der Waals surface area contributed by atoms with Crippen molar-refractivity contribution >= 4 is 16.7 Å². The summed E-state index contributed by atoms with van der Waals surface area (Å²) in [5.41, 5.74) is 2.62. The second-order valence-electron chi connectivity index (χ2n) is 5.73. The second kappa shape index (κ2) is 5.86. The molecule has 0 radical (unpaired) electrons. The Balaban J connectivity index is 2.09. The minimum Gasteiger partial charge on any atom is -0.377 e. The van der Waals surface area contributed by atoms with E-state index >= 15 is 0 Å². The summed E-state index contributed by atoms with van der Waals surface area (Å²) in [5.74, 6) is 0.395. The quantitative estimate of drug-likeness (QED) is 0.935. The Morgan fingerprint density at radius 1 is 1.24 bits per heavy atom. The van der Waals surface area contributed by atoms with Crippen molar-refractivity contribution in [3.63, 3.8) is 0 Å². The lowest BCUT2D eigenvalue weighted by atomic mass is 9.78.